The number of rotatable bonds is 15. The average Bonchev–Trinajstić information content (AvgIpc) is 2.54. The molecule has 2 amide bonds. The zero-order chi connectivity index (χ0) is 59.7. The van der Waals surface area contributed by atoms with Crippen molar-refractivity contribution >= 4 is 34.0 Å². The normalized spacial score (nSPS) is 15.8. The number of amides is 2. The van der Waals surface area contributed by atoms with Crippen LogP contribution >= 0.6 is 0 Å². The highest BCUT2D eigenvalue weighted by atomic mass is 16.6. The molecular weight excluding hydrogens is 1080 g/mol. The fraction of sp³-hybridized carbons (Fsp3) is 0.433. The van der Waals surface area contributed by atoms with Crippen LogP contribution in [0.15, 0.2) is 137 Å². The van der Waals surface area contributed by atoms with Crippen molar-refractivity contribution in [3.63, 3.8) is 0 Å². The van der Waals surface area contributed by atoms with Gasteiger partial charge in [-0.25, -0.2) is 9.59 Å². The number of likely N-dealkylation sites (tertiary alicyclic amines) is 2. The molecule has 18 nitrogen and oxygen atoms in total. The third-order valence-corrected chi connectivity index (χ3v) is 15.7. The van der Waals surface area contributed by atoms with Crippen LogP contribution in [0, 0.1) is 0 Å². The van der Waals surface area contributed by atoms with Gasteiger partial charge in [0.05, 0.1) is 11.0 Å². The lowest BCUT2D eigenvalue weighted by Crippen LogP contribution is -2.49. The van der Waals surface area contributed by atoms with Crippen molar-refractivity contribution in [1.82, 2.24) is 28.7 Å². The second kappa shape index (κ2) is 26.8. The molecule has 0 aliphatic carbocycles. The van der Waals surface area contributed by atoms with Gasteiger partial charge in [-0.3, -0.25) is 9.59 Å². The van der Waals surface area contributed by atoms with E-state index < -0.39 is 11.2 Å². The molecule has 0 atom stereocenters. The van der Waals surface area contributed by atoms with Crippen molar-refractivity contribution in [2.24, 2.45) is 0 Å². The van der Waals surface area contributed by atoms with E-state index in [9.17, 15) is 24.3 Å². The molecule has 0 spiro atoms. The Morgan fingerprint density at radius 3 is 1.41 bits per heavy atom. The average molecular weight is 1160 g/mol. The predicted octanol–water partition coefficient (Wildman–Crippen LogP) is 10.6. The molecule has 85 heavy (non-hydrogen) atoms. The summed E-state index contributed by atoms with van der Waals surface area (Å²) in [6.45, 7) is 20.4. The van der Waals surface area contributed by atoms with E-state index in [1.807, 2.05) is 171 Å². The quantitative estimate of drug-likeness (QED) is 0.103. The van der Waals surface area contributed by atoms with Gasteiger partial charge in [0, 0.05) is 100 Å². The van der Waals surface area contributed by atoms with Gasteiger partial charge in [-0.2, -0.15) is 0 Å². The van der Waals surface area contributed by atoms with E-state index in [0.29, 0.717) is 88.4 Å². The molecule has 5 aromatic carbocycles. The highest BCUT2D eigenvalue weighted by Gasteiger charge is 2.34. The number of fused-ring (bicyclic) bond motifs is 4. The Hall–Kier alpha value is -8.22. The van der Waals surface area contributed by atoms with Gasteiger partial charge in [-0.05, 0) is 132 Å². The van der Waals surface area contributed by atoms with Gasteiger partial charge in [0.2, 0.25) is 0 Å². The summed E-state index contributed by atoms with van der Waals surface area (Å²) in [5, 5.41) is 11.8. The second-order valence-electron chi connectivity index (χ2n) is 24.1. The van der Waals surface area contributed by atoms with Crippen molar-refractivity contribution in [3.8, 4) is 34.5 Å². The third-order valence-electron chi connectivity index (χ3n) is 15.7. The van der Waals surface area contributed by atoms with Crippen LogP contribution in [0.25, 0.3) is 21.8 Å². The molecule has 2 saturated heterocycles. The Kier molecular flexibility index (Phi) is 18.9. The Balaban J connectivity index is 0.000000192. The minimum absolute atomic E-state index is 0.00733. The monoisotopic (exact) mass is 1160 g/mol. The highest BCUT2D eigenvalue weighted by molar-refractivity contribution is 5.86. The maximum absolute atomic E-state index is 13.4. The molecule has 4 aliphatic rings. The number of ether oxygens (including phenoxy) is 7. The molecule has 0 saturated carbocycles. The van der Waals surface area contributed by atoms with E-state index >= 15 is 0 Å². The molecule has 450 valence electrons. The lowest BCUT2D eigenvalue weighted by molar-refractivity contribution is 0.00468. The number of pyridine rings is 2. The van der Waals surface area contributed by atoms with Crippen molar-refractivity contribution in [1.29, 1.82) is 0 Å². The molecule has 18 heteroatoms. The van der Waals surface area contributed by atoms with Gasteiger partial charge < -0.3 is 67.0 Å². The summed E-state index contributed by atoms with van der Waals surface area (Å²) in [7, 11) is 0. The predicted molar refractivity (Wildman–Crippen MR) is 326 cm³/mol. The molecular formula is C67H80N6O12. The van der Waals surface area contributed by atoms with Crippen LogP contribution in [0.2, 0.25) is 0 Å². The first-order valence-electron chi connectivity index (χ1n) is 29.7. The first-order chi connectivity index (χ1) is 40.9. The van der Waals surface area contributed by atoms with Crippen LogP contribution in [0.1, 0.15) is 83.9 Å². The number of aromatic nitrogens is 2. The summed E-state index contributed by atoms with van der Waals surface area (Å²) in [6.07, 6.45) is 2.59. The van der Waals surface area contributed by atoms with E-state index in [0.717, 1.165) is 103 Å². The second-order valence-corrected chi connectivity index (χ2v) is 24.1. The maximum atomic E-state index is 13.4. The van der Waals surface area contributed by atoms with Crippen molar-refractivity contribution in [2.45, 2.75) is 123 Å². The molecule has 6 heterocycles. The Bertz CT molecular complexity index is 3560. The third kappa shape index (κ3) is 15.6. The van der Waals surface area contributed by atoms with Gasteiger partial charge in [0.25, 0.3) is 11.1 Å². The largest absolute Gasteiger partial charge is 0.507 e. The number of hydrogen-bond donors (Lipinski definition) is 1. The van der Waals surface area contributed by atoms with Gasteiger partial charge >= 0.3 is 12.2 Å². The Labute approximate surface area is 496 Å². The topological polar surface area (TPSA) is 176 Å². The van der Waals surface area contributed by atoms with Crippen LogP contribution in [-0.2, 0) is 42.3 Å². The van der Waals surface area contributed by atoms with Crippen LogP contribution in [0.5, 0.6) is 34.5 Å². The number of carbonyl (C=O) groups is 2. The molecule has 4 aliphatic heterocycles. The Morgan fingerprint density at radius 1 is 0.506 bits per heavy atom. The summed E-state index contributed by atoms with van der Waals surface area (Å²) in [5.74, 6) is 3.47. The van der Waals surface area contributed by atoms with Crippen molar-refractivity contribution in [2.75, 3.05) is 65.7 Å². The van der Waals surface area contributed by atoms with Crippen LogP contribution in [-0.4, -0.2) is 135 Å². The summed E-state index contributed by atoms with van der Waals surface area (Å²) in [5.41, 5.74) is 3.10. The number of benzene rings is 5. The van der Waals surface area contributed by atoms with Gasteiger partial charge in [0.1, 0.15) is 55.7 Å². The molecule has 2 fully saturated rings. The first-order valence-corrected chi connectivity index (χ1v) is 29.7. The molecule has 7 aromatic rings. The smallest absolute Gasteiger partial charge is 0.410 e. The Morgan fingerprint density at radius 2 is 0.929 bits per heavy atom. The minimum Gasteiger partial charge on any atom is -0.507 e. The number of para-hydroxylation sites is 2. The van der Waals surface area contributed by atoms with Crippen molar-refractivity contribution in [3.05, 3.63) is 165 Å². The number of hydrogen-bond acceptors (Lipinski definition) is 14. The summed E-state index contributed by atoms with van der Waals surface area (Å²) < 4.78 is 44.2. The lowest BCUT2D eigenvalue weighted by atomic mass is 10.0. The summed E-state index contributed by atoms with van der Waals surface area (Å²) in [6, 6.07) is 39.9. The van der Waals surface area contributed by atoms with E-state index in [2.05, 4.69) is 9.80 Å². The maximum Gasteiger partial charge on any atom is 0.410 e. The molecule has 0 unspecified atom stereocenters. The van der Waals surface area contributed by atoms with Gasteiger partial charge in [-0.1, -0.05) is 66.7 Å². The van der Waals surface area contributed by atoms with E-state index in [1.165, 1.54) is 6.07 Å². The fourth-order valence-electron chi connectivity index (χ4n) is 11.4. The zero-order valence-corrected chi connectivity index (χ0v) is 49.8. The number of aromatic hydroxyl groups is 1. The minimum atomic E-state index is -0.596. The van der Waals surface area contributed by atoms with E-state index in [-0.39, 0.29) is 41.1 Å². The lowest BCUT2D eigenvalue weighted by Gasteiger charge is -2.39. The molecule has 11 rings (SSSR count). The van der Waals surface area contributed by atoms with Gasteiger partial charge in [0.15, 0.2) is 23.0 Å². The van der Waals surface area contributed by atoms with Crippen molar-refractivity contribution < 1.29 is 47.9 Å². The summed E-state index contributed by atoms with van der Waals surface area (Å²) >= 11 is 0. The molecule has 0 bridgehead atoms. The van der Waals surface area contributed by atoms with Crippen LogP contribution < -0.4 is 34.8 Å². The van der Waals surface area contributed by atoms with Crippen LogP contribution in [0.4, 0.5) is 9.59 Å². The number of nitrogens with zero attached hydrogens (tertiary/aromatic N) is 6. The SMILES string of the molecule is CC(C)(C)OC(=O)N(Cc1ccc2c(c1)OCCO2)C1CCN(CCn2c(=O)cc(O)c3ccccc32)CC1.CC(C)(C)OC(=O)N(Cc1ccc2c(c1)OCCO2)C1CCN(CCn2c(=O)cc(OCc3ccccc3)c3ccccc32)CC1. The van der Waals surface area contributed by atoms with E-state index in [1.54, 1.807) is 10.6 Å². The number of carbonyl (C=O) groups excluding carboxylic acids is 2. The van der Waals surface area contributed by atoms with Gasteiger partial charge in [-0.15, -0.1) is 0 Å². The molecule has 2 aromatic heterocycles. The van der Waals surface area contributed by atoms with Crippen LogP contribution in [0.3, 0.4) is 0 Å². The highest BCUT2D eigenvalue weighted by Crippen LogP contribution is 2.35. The molecule has 0 radical (unpaired) electrons. The zero-order valence-electron chi connectivity index (χ0n) is 49.8. The number of piperidine rings is 2. The van der Waals surface area contributed by atoms with E-state index in [4.69, 9.17) is 33.2 Å². The first kappa shape index (κ1) is 59.9. The molecule has 1 N–H and O–H groups in total. The summed E-state index contributed by atoms with van der Waals surface area (Å²) in [4.78, 5) is 61.1. The standard InChI is InChI=1S/C37H43N3O6.C30H37N3O6/c1-37(2,3)46-36(42)40(25-28-13-14-32-34(23-28)44-22-21-43-32)29-15-17-38(18-16-29)19-20-39-31-12-8-7-11-30(31)33(24-35(39)41)45-26-27-9-5-4-6-10-27;1-30(2,3)39-29(36)33(20-21-8-9-26-27(18-21)38-17-16-37-26)22-10-12-31(13-11-22)14-15-32-24-7-5-4-6-23(24)25(34)19-28(32)35/h4-14,23-24,29H,15-22,25-26H2,1-3H3;4-9,18-19,22,34H,10-17,20H2,1-3H3. The fourth-order valence-corrected chi connectivity index (χ4v) is 11.4.